The lowest BCUT2D eigenvalue weighted by atomic mass is 10.0. The summed E-state index contributed by atoms with van der Waals surface area (Å²) in [5.41, 5.74) is 2.77. The van der Waals surface area contributed by atoms with E-state index in [0.717, 1.165) is 31.0 Å². The molecule has 1 aliphatic rings. The van der Waals surface area contributed by atoms with Crippen LogP contribution in [0.15, 0.2) is 18.2 Å². The molecule has 0 bridgehead atoms. The highest BCUT2D eigenvalue weighted by molar-refractivity contribution is 5.96. The van der Waals surface area contributed by atoms with Gasteiger partial charge in [0.25, 0.3) is 5.91 Å². The van der Waals surface area contributed by atoms with E-state index in [1.807, 2.05) is 32.3 Å². The van der Waals surface area contributed by atoms with Gasteiger partial charge in [0, 0.05) is 31.2 Å². The van der Waals surface area contributed by atoms with Crippen LogP contribution in [0.3, 0.4) is 0 Å². The smallest absolute Gasteiger partial charge is 0.251 e. The number of nitrogens with one attached hydrogen (secondary N) is 3. The van der Waals surface area contributed by atoms with Crippen molar-refractivity contribution in [1.29, 1.82) is 0 Å². The average Bonchev–Trinajstić information content (AvgIpc) is 2.45. The Morgan fingerprint density at radius 1 is 1.24 bits per heavy atom. The van der Waals surface area contributed by atoms with Crippen molar-refractivity contribution in [3.05, 3.63) is 23.8 Å². The second-order valence-electron chi connectivity index (χ2n) is 6.20. The van der Waals surface area contributed by atoms with Crippen LogP contribution < -0.4 is 16.0 Å². The van der Waals surface area contributed by atoms with Crippen molar-refractivity contribution in [1.82, 2.24) is 10.2 Å². The van der Waals surface area contributed by atoms with Gasteiger partial charge in [-0.3, -0.25) is 4.79 Å². The second-order valence-corrected chi connectivity index (χ2v) is 6.20. The SMILES string of the molecule is CC(C)C(CN(C)C)NC(=O)c1ccc2c(c1)NCCN2. The number of likely N-dealkylation sites (N-methyl/N-ethyl adjacent to an activating group) is 1. The van der Waals surface area contributed by atoms with E-state index in [-0.39, 0.29) is 11.9 Å². The third-order valence-corrected chi connectivity index (χ3v) is 3.72. The average molecular weight is 290 g/mol. The quantitative estimate of drug-likeness (QED) is 0.774. The zero-order chi connectivity index (χ0) is 15.4. The van der Waals surface area contributed by atoms with Gasteiger partial charge in [-0.15, -0.1) is 0 Å². The maximum absolute atomic E-state index is 12.4. The molecular formula is C16H26N4O. The van der Waals surface area contributed by atoms with Gasteiger partial charge in [-0.05, 0) is 38.2 Å². The Labute approximate surface area is 127 Å². The van der Waals surface area contributed by atoms with Crippen LogP contribution in [0.4, 0.5) is 11.4 Å². The van der Waals surface area contributed by atoms with Crippen molar-refractivity contribution in [2.75, 3.05) is 44.4 Å². The highest BCUT2D eigenvalue weighted by atomic mass is 16.1. The number of carbonyl (C=O) groups is 1. The molecule has 116 valence electrons. The van der Waals surface area contributed by atoms with Crippen molar-refractivity contribution >= 4 is 17.3 Å². The molecule has 5 nitrogen and oxygen atoms in total. The van der Waals surface area contributed by atoms with Gasteiger partial charge < -0.3 is 20.9 Å². The predicted molar refractivity (Wildman–Crippen MR) is 88.1 cm³/mol. The standard InChI is InChI=1S/C16H26N4O/c1-11(2)15(10-20(3)4)19-16(21)12-5-6-13-14(9-12)18-8-7-17-13/h5-6,9,11,15,17-18H,7-8,10H2,1-4H3,(H,19,21). The number of rotatable bonds is 5. The summed E-state index contributed by atoms with van der Waals surface area (Å²) >= 11 is 0. The highest BCUT2D eigenvalue weighted by Crippen LogP contribution is 2.25. The first-order chi connectivity index (χ1) is 9.97. The Morgan fingerprint density at radius 3 is 2.52 bits per heavy atom. The van der Waals surface area contributed by atoms with Crippen molar-refractivity contribution in [2.45, 2.75) is 19.9 Å². The molecule has 3 N–H and O–H groups in total. The Kier molecular flexibility index (Phi) is 5.07. The largest absolute Gasteiger partial charge is 0.382 e. The van der Waals surface area contributed by atoms with Gasteiger partial charge in [0.1, 0.15) is 0 Å². The molecule has 0 radical (unpaired) electrons. The molecule has 1 atom stereocenters. The monoisotopic (exact) mass is 290 g/mol. The summed E-state index contributed by atoms with van der Waals surface area (Å²) in [6.45, 7) is 6.90. The summed E-state index contributed by atoms with van der Waals surface area (Å²) in [7, 11) is 4.05. The molecule has 0 saturated heterocycles. The van der Waals surface area contributed by atoms with Crippen molar-refractivity contribution in [2.24, 2.45) is 5.92 Å². The van der Waals surface area contributed by atoms with Crippen molar-refractivity contribution in [3.63, 3.8) is 0 Å². The van der Waals surface area contributed by atoms with E-state index < -0.39 is 0 Å². The molecule has 1 amide bonds. The van der Waals surface area contributed by atoms with E-state index in [0.29, 0.717) is 11.5 Å². The normalized spacial score (nSPS) is 15.1. The molecule has 2 rings (SSSR count). The van der Waals surface area contributed by atoms with E-state index in [9.17, 15) is 4.79 Å². The molecule has 0 spiro atoms. The molecular weight excluding hydrogens is 264 g/mol. The molecule has 0 aliphatic carbocycles. The first-order valence-corrected chi connectivity index (χ1v) is 7.54. The summed E-state index contributed by atoms with van der Waals surface area (Å²) in [6.07, 6.45) is 0. The van der Waals surface area contributed by atoms with E-state index >= 15 is 0 Å². The minimum absolute atomic E-state index is 0.00859. The minimum atomic E-state index is -0.00859. The summed E-state index contributed by atoms with van der Waals surface area (Å²) in [6, 6.07) is 5.91. The van der Waals surface area contributed by atoms with Crippen LogP contribution in [-0.4, -0.2) is 50.6 Å². The topological polar surface area (TPSA) is 56.4 Å². The zero-order valence-electron chi connectivity index (χ0n) is 13.4. The number of hydrogen-bond donors (Lipinski definition) is 3. The van der Waals surface area contributed by atoms with Crippen molar-refractivity contribution in [3.8, 4) is 0 Å². The fourth-order valence-electron chi connectivity index (χ4n) is 2.45. The molecule has 0 aromatic heterocycles. The number of hydrogen-bond acceptors (Lipinski definition) is 4. The van der Waals surface area contributed by atoms with Crippen LogP contribution in [0.5, 0.6) is 0 Å². The van der Waals surface area contributed by atoms with Crippen LogP contribution in [0.1, 0.15) is 24.2 Å². The Morgan fingerprint density at radius 2 is 1.90 bits per heavy atom. The van der Waals surface area contributed by atoms with Gasteiger partial charge in [0.2, 0.25) is 0 Å². The molecule has 0 saturated carbocycles. The van der Waals surface area contributed by atoms with E-state index in [1.54, 1.807) is 0 Å². The van der Waals surface area contributed by atoms with E-state index in [2.05, 4.69) is 34.7 Å². The Hall–Kier alpha value is -1.75. The summed E-state index contributed by atoms with van der Waals surface area (Å²) in [5, 5.41) is 9.77. The fourth-order valence-corrected chi connectivity index (χ4v) is 2.45. The molecule has 1 unspecified atom stereocenters. The summed E-state index contributed by atoms with van der Waals surface area (Å²) in [5.74, 6) is 0.388. The van der Waals surface area contributed by atoms with Gasteiger partial charge in [-0.1, -0.05) is 13.8 Å². The fraction of sp³-hybridized carbons (Fsp3) is 0.562. The molecule has 1 aromatic carbocycles. The lowest BCUT2D eigenvalue weighted by Crippen LogP contribution is -2.45. The van der Waals surface area contributed by atoms with E-state index in [4.69, 9.17) is 0 Å². The number of benzene rings is 1. The highest BCUT2D eigenvalue weighted by Gasteiger charge is 2.19. The first-order valence-electron chi connectivity index (χ1n) is 7.54. The number of fused-ring (bicyclic) bond motifs is 1. The molecule has 0 fully saturated rings. The summed E-state index contributed by atoms with van der Waals surface area (Å²) < 4.78 is 0. The molecule has 1 aliphatic heterocycles. The van der Waals surface area contributed by atoms with Crippen LogP contribution in [0, 0.1) is 5.92 Å². The second kappa shape index (κ2) is 6.80. The zero-order valence-corrected chi connectivity index (χ0v) is 13.4. The number of amides is 1. The van der Waals surface area contributed by atoms with Crippen LogP contribution in [-0.2, 0) is 0 Å². The summed E-state index contributed by atoms with van der Waals surface area (Å²) in [4.78, 5) is 14.5. The Balaban J connectivity index is 2.08. The van der Waals surface area contributed by atoms with Crippen LogP contribution >= 0.6 is 0 Å². The van der Waals surface area contributed by atoms with E-state index in [1.165, 1.54) is 0 Å². The number of anilines is 2. The number of carbonyl (C=O) groups excluding carboxylic acids is 1. The number of nitrogens with zero attached hydrogens (tertiary/aromatic N) is 1. The lowest BCUT2D eigenvalue weighted by molar-refractivity contribution is 0.0916. The molecule has 1 aromatic rings. The van der Waals surface area contributed by atoms with Gasteiger partial charge in [0.15, 0.2) is 0 Å². The third-order valence-electron chi connectivity index (χ3n) is 3.72. The lowest BCUT2D eigenvalue weighted by Gasteiger charge is -2.26. The molecule has 21 heavy (non-hydrogen) atoms. The third kappa shape index (κ3) is 4.11. The maximum Gasteiger partial charge on any atom is 0.251 e. The van der Waals surface area contributed by atoms with Gasteiger partial charge in [-0.2, -0.15) is 0 Å². The van der Waals surface area contributed by atoms with Gasteiger partial charge in [0.05, 0.1) is 11.4 Å². The molecule has 5 heteroatoms. The molecule has 1 heterocycles. The first kappa shape index (κ1) is 15.6. The van der Waals surface area contributed by atoms with Gasteiger partial charge in [-0.25, -0.2) is 0 Å². The van der Waals surface area contributed by atoms with Crippen molar-refractivity contribution < 1.29 is 4.79 Å². The van der Waals surface area contributed by atoms with Gasteiger partial charge >= 0.3 is 0 Å². The maximum atomic E-state index is 12.4. The van der Waals surface area contributed by atoms with Crippen LogP contribution in [0.2, 0.25) is 0 Å². The Bertz CT molecular complexity index is 499. The predicted octanol–water partition coefficient (Wildman–Crippen LogP) is 1.84. The van der Waals surface area contributed by atoms with Crippen LogP contribution in [0.25, 0.3) is 0 Å². The minimum Gasteiger partial charge on any atom is -0.382 e.